The molecule has 2 aromatic carbocycles. The Morgan fingerprint density at radius 2 is 1.88 bits per heavy atom. The lowest BCUT2D eigenvalue weighted by atomic mass is 10.1. The van der Waals surface area contributed by atoms with Gasteiger partial charge in [-0.25, -0.2) is 0 Å². The van der Waals surface area contributed by atoms with Crippen molar-refractivity contribution in [3.8, 4) is 5.75 Å². The van der Waals surface area contributed by atoms with E-state index in [1.54, 1.807) is 0 Å². The van der Waals surface area contributed by atoms with Gasteiger partial charge in [0.25, 0.3) is 0 Å². The molecule has 1 saturated carbocycles. The molecule has 1 aliphatic heterocycles. The highest BCUT2D eigenvalue weighted by atomic mass is 19.4. The van der Waals surface area contributed by atoms with Gasteiger partial charge in [0.2, 0.25) is 5.91 Å². The van der Waals surface area contributed by atoms with Gasteiger partial charge < -0.3 is 14.8 Å². The second kappa shape index (κ2) is 9.92. The first-order valence-corrected chi connectivity index (χ1v) is 10.9. The number of halogens is 3. The molecule has 4 rings (SSSR count). The zero-order chi connectivity index (χ0) is 22.6. The van der Waals surface area contributed by atoms with Crippen LogP contribution in [0.15, 0.2) is 48.5 Å². The number of benzene rings is 2. The maximum atomic E-state index is 12.7. The van der Waals surface area contributed by atoms with Crippen molar-refractivity contribution in [2.24, 2.45) is 5.92 Å². The number of alkyl halides is 3. The van der Waals surface area contributed by atoms with E-state index < -0.39 is 11.7 Å². The molecule has 2 unspecified atom stereocenters. The number of morpholine rings is 1. The van der Waals surface area contributed by atoms with Gasteiger partial charge in [-0.2, -0.15) is 13.2 Å². The molecule has 1 N–H and O–H groups in total. The number of nitrogens with one attached hydrogen (secondary N) is 1. The van der Waals surface area contributed by atoms with Crippen LogP contribution in [0.5, 0.6) is 5.75 Å². The highest BCUT2D eigenvalue weighted by Crippen LogP contribution is 2.48. The van der Waals surface area contributed by atoms with Gasteiger partial charge in [-0.15, -0.1) is 0 Å². The number of nitrogens with zero attached hydrogens (tertiary/aromatic N) is 1. The van der Waals surface area contributed by atoms with Crippen molar-refractivity contribution in [3.05, 3.63) is 65.2 Å². The molecular formula is C24H27F3N2O3. The zero-order valence-corrected chi connectivity index (χ0v) is 17.7. The van der Waals surface area contributed by atoms with Crippen LogP contribution >= 0.6 is 0 Å². The van der Waals surface area contributed by atoms with E-state index in [0.717, 1.165) is 61.9 Å². The lowest BCUT2D eigenvalue weighted by Gasteiger charge is -2.26. The van der Waals surface area contributed by atoms with Crippen LogP contribution in [0.4, 0.5) is 13.2 Å². The quantitative estimate of drug-likeness (QED) is 0.667. The van der Waals surface area contributed by atoms with Crippen LogP contribution in [0.3, 0.4) is 0 Å². The van der Waals surface area contributed by atoms with Gasteiger partial charge in [0.1, 0.15) is 12.4 Å². The molecule has 1 aliphatic carbocycles. The summed E-state index contributed by atoms with van der Waals surface area (Å²) in [4.78, 5) is 14.8. The van der Waals surface area contributed by atoms with Crippen LogP contribution < -0.4 is 10.1 Å². The van der Waals surface area contributed by atoms with Crippen LogP contribution in [-0.4, -0.2) is 50.3 Å². The number of carbonyl (C=O) groups excluding carboxylic acids is 1. The van der Waals surface area contributed by atoms with E-state index in [2.05, 4.69) is 10.2 Å². The van der Waals surface area contributed by atoms with Crippen molar-refractivity contribution in [2.75, 3.05) is 39.5 Å². The number of ether oxygens (including phenoxy) is 2. The molecule has 2 atom stereocenters. The summed E-state index contributed by atoms with van der Waals surface area (Å²) < 4.78 is 49.3. The second-order valence-electron chi connectivity index (χ2n) is 8.24. The first kappa shape index (κ1) is 22.6. The fraction of sp³-hybridized carbons (Fsp3) is 0.458. The first-order valence-electron chi connectivity index (χ1n) is 10.9. The standard InChI is InChI=1S/C24H27F3N2O3/c25-24(26,27)19-6-4-18(5-7-19)21-15-22(21)23(30)28-16-17-2-1-3-20(14-17)32-13-10-29-8-11-31-12-9-29/h1-7,14,21-22H,8-13,15-16H2,(H,28,30). The molecule has 0 aromatic heterocycles. The van der Waals surface area contributed by atoms with Gasteiger partial charge in [-0.05, 0) is 47.7 Å². The Morgan fingerprint density at radius 3 is 2.59 bits per heavy atom. The third-order valence-electron chi connectivity index (χ3n) is 5.94. The number of hydrogen-bond acceptors (Lipinski definition) is 4. The van der Waals surface area contributed by atoms with E-state index in [0.29, 0.717) is 19.6 Å². The highest BCUT2D eigenvalue weighted by Gasteiger charge is 2.44. The molecule has 0 radical (unpaired) electrons. The zero-order valence-electron chi connectivity index (χ0n) is 17.7. The normalized spacial score (nSPS) is 21.2. The summed E-state index contributed by atoms with van der Waals surface area (Å²) in [5.74, 6) is 0.472. The smallest absolute Gasteiger partial charge is 0.416 e. The van der Waals surface area contributed by atoms with Crippen LogP contribution in [0.25, 0.3) is 0 Å². The van der Waals surface area contributed by atoms with Gasteiger partial charge in [0.05, 0.1) is 18.8 Å². The lowest BCUT2D eigenvalue weighted by molar-refractivity contribution is -0.137. The van der Waals surface area contributed by atoms with Crippen LogP contribution in [0, 0.1) is 5.92 Å². The van der Waals surface area contributed by atoms with E-state index in [9.17, 15) is 18.0 Å². The Bertz CT molecular complexity index is 911. The predicted octanol–water partition coefficient (Wildman–Crippen LogP) is 3.84. The van der Waals surface area contributed by atoms with Gasteiger partial charge in [0.15, 0.2) is 0 Å². The average Bonchev–Trinajstić information content (AvgIpc) is 3.59. The molecule has 1 heterocycles. The number of amides is 1. The fourth-order valence-electron chi connectivity index (χ4n) is 3.96. The van der Waals surface area contributed by atoms with E-state index in [1.807, 2.05) is 24.3 Å². The molecule has 2 fully saturated rings. The monoisotopic (exact) mass is 448 g/mol. The Kier molecular flexibility index (Phi) is 7.01. The van der Waals surface area contributed by atoms with Gasteiger partial charge in [-0.1, -0.05) is 24.3 Å². The largest absolute Gasteiger partial charge is 0.492 e. The van der Waals surface area contributed by atoms with Crippen LogP contribution in [-0.2, 0) is 22.3 Å². The topological polar surface area (TPSA) is 50.8 Å². The Morgan fingerprint density at radius 1 is 1.12 bits per heavy atom. The van der Waals surface area contributed by atoms with Crippen molar-refractivity contribution < 1.29 is 27.4 Å². The third-order valence-corrected chi connectivity index (χ3v) is 5.94. The molecule has 2 aromatic rings. The SMILES string of the molecule is O=C(NCc1cccc(OCCN2CCOCC2)c1)C1CC1c1ccc(C(F)(F)F)cc1. The molecule has 0 bridgehead atoms. The number of carbonyl (C=O) groups is 1. The summed E-state index contributed by atoms with van der Waals surface area (Å²) in [6, 6.07) is 12.7. The molecule has 1 amide bonds. The maximum Gasteiger partial charge on any atom is 0.416 e. The Balaban J connectivity index is 1.22. The van der Waals surface area contributed by atoms with Crippen molar-refractivity contribution in [1.29, 1.82) is 0 Å². The minimum absolute atomic E-state index is 0.0212. The molecule has 5 nitrogen and oxygen atoms in total. The molecule has 2 aliphatic rings. The van der Waals surface area contributed by atoms with E-state index >= 15 is 0 Å². The Labute approximate surface area is 185 Å². The molecule has 0 spiro atoms. The second-order valence-corrected chi connectivity index (χ2v) is 8.24. The summed E-state index contributed by atoms with van der Waals surface area (Å²) >= 11 is 0. The van der Waals surface area contributed by atoms with Crippen molar-refractivity contribution in [2.45, 2.75) is 25.1 Å². The van der Waals surface area contributed by atoms with Gasteiger partial charge >= 0.3 is 6.18 Å². The average molecular weight is 448 g/mol. The molecular weight excluding hydrogens is 421 g/mol. The van der Waals surface area contributed by atoms with Crippen molar-refractivity contribution in [3.63, 3.8) is 0 Å². The highest BCUT2D eigenvalue weighted by molar-refractivity contribution is 5.82. The summed E-state index contributed by atoms with van der Waals surface area (Å²) in [6.45, 7) is 5.18. The Hall–Kier alpha value is -2.58. The fourth-order valence-corrected chi connectivity index (χ4v) is 3.96. The van der Waals surface area contributed by atoms with Crippen LogP contribution in [0.2, 0.25) is 0 Å². The minimum atomic E-state index is -4.35. The minimum Gasteiger partial charge on any atom is -0.492 e. The predicted molar refractivity (Wildman–Crippen MR) is 113 cm³/mol. The molecule has 8 heteroatoms. The van der Waals surface area contributed by atoms with E-state index in [1.165, 1.54) is 12.1 Å². The molecule has 172 valence electrons. The van der Waals surface area contributed by atoms with E-state index in [-0.39, 0.29) is 17.7 Å². The molecule has 32 heavy (non-hydrogen) atoms. The van der Waals surface area contributed by atoms with Gasteiger partial charge in [0, 0.05) is 32.1 Å². The summed E-state index contributed by atoms with van der Waals surface area (Å²) in [6.07, 6.45) is -3.69. The third kappa shape index (κ3) is 6.01. The number of hydrogen-bond donors (Lipinski definition) is 1. The van der Waals surface area contributed by atoms with Gasteiger partial charge in [-0.3, -0.25) is 9.69 Å². The first-order chi connectivity index (χ1) is 15.4. The summed E-state index contributed by atoms with van der Waals surface area (Å²) in [5.41, 5.74) is 1.04. The molecule has 1 saturated heterocycles. The van der Waals surface area contributed by atoms with E-state index in [4.69, 9.17) is 9.47 Å². The maximum absolute atomic E-state index is 12.7. The van der Waals surface area contributed by atoms with Crippen molar-refractivity contribution in [1.82, 2.24) is 10.2 Å². The summed E-state index contributed by atoms with van der Waals surface area (Å²) in [5, 5.41) is 2.93. The van der Waals surface area contributed by atoms with Crippen molar-refractivity contribution >= 4 is 5.91 Å². The van der Waals surface area contributed by atoms with Crippen LogP contribution in [0.1, 0.15) is 29.0 Å². The number of rotatable bonds is 8. The summed E-state index contributed by atoms with van der Waals surface area (Å²) in [7, 11) is 0. The lowest BCUT2D eigenvalue weighted by Crippen LogP contribution is -2.38.